The Kier molecular flexibility index (Phi) is 3.27. The van der Waals surface area contributed by atoms with Crippen LogP contribution >= 0.6 is 11.6 Å². The highest BCUT2D eigenvalue weighted by Gasteiger charge is 2.68. The average molecular weight is 373 g/mol. The SMILES string of the molecule is CC(=O)[C@@]1(C)CCC2C3C=C(Cl)C4=CC(=O)[C@@H]5C[C@@H]5C4(C)C3CCC21C. The summed E-state index contributed by atoms with van der Waals surface area (Å²) < 4.78 is 0. The average Bonchev–Trinajstić information content (AvgIpc) is 3.33. The molecule has 0 spiro atoms. The van der Waals surface area contributed by atoms with Crippen molar-refractivity contribution in [2.75, 3.05) is 0 Å². The maximum Gasteiger partial charge on any atom is 0.159 e. The number of hydrogen-bond donors (Lipinski definition) is 0. The molecule has 5 rings (SSSR count). The Balaban J connectivity index is 1.62. The van der Waals surface area contributed by atoms with E-state index in [9.17, 15) is 9.59 Å². The van der Waals surface area contributed by atoms with E-state index in [-0.39, 0.29) is 27.9 Å². The number of ketones is 2. The lowest BCUT2D eigenvalue weighted by atomic mass is 9.46. The second-order valence-electron chi connectivity index (χ2n) is 10.4. The van der Waals surface area contributed by atoms with E-state index >= 15 is 0 Å². The summed E-state index contributed by atoms with van der Waals surface area (Å²) in [6.45, 7) is 8.73. The van der Waals surface area contributed by atoms with E-state index in [0.29, 0.717) is 29.5 Å². The van der Waals surface area contributed by atoms with Gasteiger partial charge in [0.1, 0.15) is 5.78 Å². The zero-order chi connectivity index (χ0) is 18.6. The number of allylic oxidation sites excluding steroid dienone is 4. The van der Waals surface area contributed by atoms with Crippen molar-refractivity contribution in [2.24, 2.45) is 45.8 Å². The van der Waals surface area contributed by atoms with Gasteiger partial charge in [-0.25, -0.2) is 0 Å². The molecule has 5 unspecified atom stereocenters. The lowest BCUT2D eigenvalue weighted by molar-refractivity contribution is -0.137. The largest absolute Gasteiger partial charge is 0.299 e. The van der Waals surface area contributed by atoms with Crippen LogP contribution in [0, 0.1) is 45.8 Å². The van der Waals surface area contributed by atoms with Crippen molar-refractivity contribution in [1.29, 1.82) is 0 Å². The van der Waals surface area contributed by atoms with Crippen LogP contribution in [0.25, 0.3) is 0 Å². The fourth-order valence-electron chi connectivity index (χ4n) is 7.81. The first-order valence-electron chi connectivity index (χ1n) is 10.3. The third kappa shape index (κ3) is 1.76. The number of carbonyl (C=O) groups excluding carboxylic acids is 2. The minimum atomic E-state index is -0.204. The zero-order valence-corrected chi connectivity index (χ0v) is 17.0. The normalized spacial score (nSPS) is 54.3. The van der Waals surface area contributed by atoms with Gasteiger partial charge in [0, 0.05) is 21.8 Å². The highest BCUT2D eigenvalue weighted by Crippen LogP contribution is 2.73. The lowest BCUT2D eigenvalue weighted by Crippen LogP contribution is -2.53. The van der Waals surface area contributed by atoms with Crippen LogP contribution in [0.4, 0.5) is 0 Å². The van der Waals surface area contributed by atoms with E-state index in [1.807, 2.05) is 6.08 Å². The molecular formula is C23H29ClO2. The molecule has 5 aliphatic rings. The van der Waals surface area contributed by atoms with Crippen LogP contribution in [0.15, 0.2) is 22.8 Å². The molecule has 0 radical (unpaired) electrons. The molecule has 8 atom stereocenters. The van der Waals surface area contributed by atoms with Crippen molar-refractivity contribution in [3.63, 3.8) is 0 Å². The molecule has 3 heteroatoms. The lowest BCUT2D eigenvalue weighted by Gasteiger charge is -2.58. The van der Waals surface area contributed by atoms with Gasteiger partial charge in [0.2, 0.25) is 0 Å². The van der Waals surface area contributed by atoms with E-state index in [1.54, 1.807) is 6.92 Å². The van der Waals surface area contributed by atoms with E-state index in [0.717, 1.165) is 42.7 Å². The molecule has 0 aromatic heterocycles. The summed E-state index contributed by atoms with van der Waals surface area (Å²) in [5, 5.41) is 0.813. The zero-order valence-electron chi connectivity index (χ0n) is 16.3. The van der Waals surface area contributed by atoms with Gasteiger partial charge in [0.15, 0.2) is 5.78 Å². The Morgan fingerprint density at radius 2 is 1.81 bits per heavy atom. The topological polar surface area (TPSA) is 34.1 Å². The molecule has 3 saturated carbocycles. The Morgan fingerprint density at radius 1 is 1.12 bits per heavy atom. The predicted octanol–water partition coefficient (Wildman–Crippen LogP) is 5.31. The summed E-state index contributed by atoms with van der Waals surface area (Å²) in [5.74, 6) is 2.89. The molecular weight excluding hydrogens is 344 g/mol. The highest BCUT2D eigenvalue weighted by atomic mass is 35.5. The smallest absolute Gasteiger partial charge is 0.159 e. The van der Waals surface area contributed by atoms with Gasteiger partial charge >= 0.3 is 0 Å². The van der Waals surface area contributed by atoms with Gasteiger partial charge in [0.25, 0.3) is 0 Å². The highest BCUT2D eigenvalue weighted by molar-refractivity contribution is 6.32. The third-order valence-corrected chi connectivity index (χ3v) is 10.2. The fourth-order valence-corrected chi connectivity index (χ4v) is 8.21. The number of carbonyl (C=O) groups is 2. The maximum atomic E-state index is 12.6. The first-order valence-corrected chi connectivity index (χ1v) is 10.7. The van der Waals surface area contributed by atoms with Crippen molar-refractivity contribution in [1.82, 2.24) is 0 Å². The standard InChI is InChI=1S/C23H29ClO2/c1-12(25)21(2)7-5-15-13-10-19(24)18-11-20(26)14-9-17(14)23(18,4)16(13)6-8-22(15,21)3/h10-11,13-17H,5-9H2,1-4H3/t13?,14-,15?,16?,17+,21-,22?,23?/m1/s1. The van der Waals surface area contributed by atoms with Crippen molar-refractivity contribution in [3.05, 3.63) is 22.8 Å². The van der Waals surface area contributed by atoms with Crippen LogP contribution in [-0.2, 0) is 9.59 Å². The molecule has 5 aliphatic carbocycles. The van der Waals surface area contributed by atoms with Gasteiger partial charge in [-0.1, -0.05) is 38.4 Å². The number of hydrogen-bond acceptors (Lipinski definition) is 2. The van der Waals surface area contributed by atoms with Crippen LogP contribution in [0.3, 0.4) is 0 Å². The van der Waals surface area contributed by atoms with Crippen molar-refractivity contribution in [2.45, 2.75) is 59.8 Å². The molecule has 0 bridgehead atoms. The van der Waals surface area contributed by atoms with Crippen molar-refractivity contribution >= 4 is 23.2 Å². The number of halogens is 1. The molecule has 140 valence electrons. The van der Waals surface area contributed by atoms with Gasteiger partial charge in [0.05, 0.1) is 0 Å². The maximum absolute atomic E-state index is 12.6. The predicted molar refractivity (Wildman–Crippen MR) is 103 cm³/mol. The molecule has 0 aromatic carbocycles. The van der Waals surface area contributed by atoms with Crippen LogP contribution < -0.4 is 0 Å². The number of Topliss-reactive ketones (excluding diaryl/α,β-unsaturated/α-hetero) is 1. The molecule has 0 aromatic rings. The Hall–Kier alpha value is -0.890. The molecule has 0 heterocycles. The van der Waals surface area contributed by atoms with Gasteiger partial charge in [-0.3, -0.25) is 9.59 Å². The third-order valence-electron chi connectivity index (χ3n) is 9.87. The Labute approximate surface area is 161 Å². The van der Waals surface area contributed by atoms with Crippen LogP contribution in [-0.4, -0.2) is 11.6 Å². The molecule has 3 fully saturated rings. The quantitative estimate of drug-likeness (QED) is 0.624. The monoisotopic (exact) mass is 372 g/mol. The Morgan fingerprint density at radius 3 is 2.50 bits per heavy atom. The van der Waals surface area contributed by atoms with Crippen molar-refractivity contribution < 1.29 is 9.59 Å². The number of rotatable bonds is 1. The Bertz CT molecular complexity index is 794. The minimum absolute atomic E-state index is 0.0472. The summed E-state index contributed by atoms with van der Waals surface area (Å²) in [6, 6.07) is 0. The van der Waals surface area contributed by atoms with Gasteiger partial charge in [-0.2, -0.15) is 0 Å². The summed E-state index contributed by atoms with van der Waals surface area (Å²) >= 11 is 6.79. The van der Waals surface area contributed by atoms with E-state index in [1.165, 1.54) is 0 Å². The summed E-state index contributed by atoms with van der Waals surface area (Å²) in [5.41, 5.74) is 1.02. The molecule has 0 N–H and O–H groups in total. The fraction of sp³-hybridized carbons (Fsp3) is 0.739. The second-order valence-corrected chi connectivity index (χ2v) is 10.8. The molecule has 26 heavy (non-hydrogen) atoms. The van der Waals surface area contributed by atoms with E-state index < -0.39 is 0 Å². The van der Waals surface area contributed by atoms with Crippen LogP contribution in [0.2, 0.25) is 0 Å². The number of fused-ring (bicyclic) bond motifs is 7. The van der Waals surface area contributed by atoms with Crippen molar-refractivity contribution in [3.8, 4) is 0 Å². The van der Waals surface area contributed by atoms with Gasteiger partial charge < -0.3 is 0 Å². The molecule has 0 amide bonds. The first kappa shape index (κ1) is 17.2. The summed E-state index contributed by atoms with van der Waals surface area (Å²) in [7, 11) is 0. The first-order chi connectivity index (χ1) is 12.1. The minimum Gasteiger partial charge on any atom is -0.299 e. The molecule has 2 nitrogen and oxygen atoms in total. The van der Waals surface area contributed by atoms with Crippen LogP contribution in [0.5, 0.6) is 0 Å². The van der Waals surface area contributed by atoms with Crippen LogP contribution in [0.1, 0.15) is 59.8 Å². The second kappa shape index (κ2) is 4.93. The molecule has 0 aliphatic heterocycles. The molecule has 0 saturated heterocycles. The van der Waals surface area contributed by atoms with E-state index in [4.69, 9.17) is 11.6 Å². The van der Waals surface area contributed by atoms with E-state index in [2.05, 4.69) is 26.8 Å². The summed E-state index contributed by atoms with van der Waals surface area (Å²) in [6.07, 6.45) is 9.56. The van der Waals surface area contributed by atoms with Gasteiger partial charge in [-0.05, 0) is 79.8 Å². The summed E-state index contributed by atoms with van der Waals surface area (Å²) in [4.78, 5) is 24.9. The van der Waals surface area contributed by atoms with Gasteiger partial charge in [-0.15, -0.1) is 0 Å².